The molecular formula is C19H42OSi. The summed E-state index contributed by atoms with van der Waals surface area (Å²) in [7, 11) is -0.152. The second kappa shape index (κ2) is 20.2. The molecule has 0 aromatic heterocycles. The lowest BCUT2D eigenvalue weighted by Gasteiger charge is -2.03. The van der Waals surface area contributed by atoms with Crippen LogP contribution in [0.25, 0.3) is 0 Å². The second-order valence-electron chi connectivity index (χ2n) is 6.50. The average molecular weight is 315 g/mol. The first kappa shape index (κ1) is 21.2. The molecule has 0 aliphatic carbocycles. The van der Waals surface area contributed by atoms with Gasteiger partial charge in [-0.3, -0.25) is 0 Å². The van der Waals surface area contributed by atoms with Crippen LogP contribution in [0.15, 0.2) is 0 Å². The van der Waals surface area contributed by atoms with Crippen LogP contribution in [0.3, 0.4) is 0 Å². The molecule has 0 heterocycles. The highest BCUT2D eigenvalue weighted by atomic mass is 28.2. The fourth-order valence-corrected chi connectivity index (χ4v) is 3.95. The highest BCUT2D eigenvalue weighted by Gasteiger charge is 1.94. The van der Waals surface area contributed by atoms with Gasteiger partial charge in [-0.05, 0) is 13.0 Å². The van der Waals surface area contributed by atoms with Gasteiger partial charge in [0.25, 0.3) is 0 Å². The molecule has 0 radical (unpaired) electrons. The van der Waals surface area contributed by atoms with Gasteiger partial charge in [-0.1, -0.05) is 103 Å². The lowest BCUT2D eigenvalue weighted by atomic mass is 10.0. The van der Waals surface area contributed by atoms with Crippen molar-refractivity contribution >= 4 is 9.76 Å². The van der Waals surface area contributed by atoms with E-state index in [9.17, 15) is 0 Å². The largest absolute Gasteiger partial charge is 0.424 e. The Hall–Kier alpha value is 0.177. The molecule has 0 N–H and O–H groups in total. The molecule has 0 saturated heterocycles. The molecule has 0 aromatic rings. The van der Waals surface area contributed by atoms with E-state index in [1.54, 1.807) is 0 Å². The molecule has 0 aliphatic rings. The van der Waals surface area contributed by atoms with Crippen molar-refractivity contribution in [3.05, 3.63) is 0 Å². The first-order valence-electron chi connectivity index (χ1n) is 9.99. The first-order valence-corrected chi connectivity index (χ1v) is 11.6. The fraction of sp³-hybridized carbons (Fsp3) is 1.00. The number of hydrogen-bond donors (Lipinski definition) is 0. The molecule has 0 amide bonds. The van der Waals surface area contributed by atoms with Crippen LogP contribution in [0.1, 0.15) is 110 Å². The number of rotatable bonds is 18. The Morgan fingerprint density at radius 3 is 1.29 bits per heavy atom. The monoisotopic (exact) mass is 314 g/mol. The predicted molar refractivity (Wildman–Crippen MR) is 99.9 cm³/mol. The molecule has 1 nitrogen and oxygen atoms in total. The topological polar surface area (TPSA) is 9.23 Å². The lowest BCUT2D eigenvalue weighted by molar-refractivity contribution is 0.358. The van der Waals surface area contributed by atoms with Crippen molar-refractivity contribution in [3.63, 3.8) is 0 Å². The van der Waals surface area contributed by atoms with Crippen molar-refractivity contribution in [3.8, 4) is 0 Å². The number of hydrogen-bond acceptors (Lipinski definition) is 1. The summed E-state index contributed by atoms with van der Waals surface area (Å²) in [6, 6.07) is 1.39. The van der Waals surface area contributed by atoms with Crippen LogP contribution in [0.4, 0.5) is 0 Å². The smallest absolute Gasteiger partial charge is 0.161 e. The Morgan fingerprint density at radius 1 is 0.524 bits per heavy atom. The standard InChI is InChI=1S/C19H42OSi/c1-3-5-6-7-8-9-10-11-12-13-14-15-16-17-18-19-21-20-4-2/h3-19,21H2,1-2H3. The minimum atomic E-state index is -0.152. The van der Waals surface area contributed by atoms with Gasteiger partial charge in [0, 0.05) is 6.61 Å². The van der Waals surface area contributed by atoms with E-state index >= 15 is 0 Å². The molecule has 2 heteroatoms. The zero-order valence-corrected chi connectivity index (χ0v) is 16.6. The number of unbranched alkanes of at least 4 members (excludes halogenated alkanes) is 14. The predicted octanol–water partition coefficient (Wildman–Crippen LogP) is 6.40. The summed E-state index contributed by atoms with van der Waals surface area (Å²) in [5, 5.41) is 0. The fourth-order valence-electron chi connectivity index (χ4n) is 2.90. The van der Waals surface area contributed by atoms with Gasteiger partial charge in [0.15, 0.2) is 9.76 Å². The Bertz CT molecular complexity index is 155. The van der Waals surface area contributed by atoms with E-state index in [0.717, 1.165) is 6.61 Å². The molecule has 0 saturated carbocycles. The van der Waals surface area contributed by atoms with E-state index in [2.05, 4.69) is 13.8 Å². The van der Waals surface area contributed by atoms with Crippen LogP contribution in [0.2, 0.25) is 6.04 Å². The molecule has 0 aliphatic heterocycles. The molecule has 0 unspecified atom stereocenters. The van der Waals surface area contributed by atoms with E-state index in [1.165, 1.54) is 102 Å². The summed E-state index contributed by atoms with van der Waals surface area (Å²) in [4.78, 5) is 0. The van der Waals surface area contributed by atoms with Crippen molar-refractivity contribution in [2.75, 3.05) is 6.61 Å². The molecular weight excluding hydrogens is 272 g/mol. The molecule has 0 atom stereocenters. The third-order valence-electron chi connectivity index (χ3n) is 4.35. The minimum Gasteiger partial charge on any atom is -0.424 e. The average Bonchev–Trinajstić information content (AvgIpc) is 2.50. The summed E-state index contributed by atoms with van der Waals surface area (Å²) in [5.41, 5.74) is 0. The van der Waals surface area contributed by atoms with Gasteiger partial charge >= 0.3 is 0 Å². The van der Waals surface area contributed by atoms with Crippen molar-refractivity contribution in [2.45, 2.75) is 116 Å². The van der Waals surface area contributed by atoms with Crippen molar-refractivity contribution in [1.82, 2.24) is 0 Å². The Labute approximate surface area is 137 Å². The molecule has 0 spiro atoms. The highest BCUT2D eigenvalue weighted by molar-refractivity contribution is 6.26. The van der Waals surface area contributed by atoms with Gasteiger partial charge in [-0.25, -0.2) is 0 Å². The lowest BCUT2D eigenvalue weighted by Crippen LogP contribution is -1.96. The normalized spacial score (nSPS) is 11.7. The van der Waals surface area contributed by atoms with Gasteiger partial charge < -0.3 is 4.43 Å². The summed E-state index contributed by atoms with van der Waals surface area (Å²) in [6.45, 7) is 5.34. The van der Waals surface area contributed by atoms with Crippen LogP contribution < -0.4 is 0 Å². The zero-order chi connectivity index (χ0) is 15.4. The molecule has 0 aromatic carbocycles. The summed E-state index contributed by atoms with van der Waals surface area (Å²) in [5.74, 6) is 0. The van der Waals surface area contributed by atoms with Crippen molar-refractivity contribution in [2.24, 2.45) is 0 Å². The van der Waals surface area contributed by atoms with E-state index in [1.807, 2.05) is 0 Å². The van der Waals surface area contributed by atoms with E-state index in [0.29, 0.717) is 0 Å². The summed E-state index contributed by atoms with van der Waals surface area (Å²) < 4.78 is 5.49. The van der Waals surface area contributed by atoms with E-state index < -0.39 is 0 Å². The minimum absolute atomic E-state index is 0.152. The van der Waals surface area contributed by atoms with Gasteiger partial charge in [0.2, 0.25) is 0 Å². The van der Waals surface area contributed by atoms with Crippen LogP contribution in [-0.2, 0) is 4.43 Å². The van der Waals surface area contributed by atoms with Gasteiger partial charge in [0.05, 0.1) is 0 Å². The van der Waals surface area contributed by atoms with Crippen LogP contribution >= 0.6 is 0 Å². The second-order valence-corrected chi connectivity index (χ2v) is 8.02. The highest BCUT2D eigenvalue weighted by Crippen LogP contribution is 2.13. The van der Waals surface area contributed by atoms with Crippen LogP contribution in [-0.4, -0.2) is 16.4 Å². The third kappa shape index (κ3) is 20.2. The Kier molecular flexibility index (Phi) is 20.3. The molecule has 0 fully saturated rings. The molecule has 21 heavy (non-hydrogen) atoms. The quantitative estimate of drug-likeness (QED) is 0.210. The maximum Gasteiger partial charge on any atom is 0.161 e. The SMILES string of the molecule is CCCCCCCCCCCCCCCCC[SiH2]OCC. The van der Waals surface area contributed by atoms with Crippen molar-refractivity contribution in [1.29, 1.82) is 0 Å². The molecule has 128 valence electrons. The van der Waals surface area contributed by atoms with Crippen LogP contribution in [0, 0.1) is 0 Å². The van der Waals surface area contributed by atoms with Crippen LogP contribution in [0.5, 0.6) is 0 Å². The Balaban J connectivity index is 2.90. The molecule has 0 bridgehead atoms. The van der Waals surface area contributed by atoms with Gasteiger partial charge in [-0.2, -0.15) is 0 Å². The Morgan fingerprint density at radius 2 is 0.905 bits per heavy atom. The van der Waals surface area contributed by atoms with Crippen molar-refractivity contribution < 1.29 is 4.43 Å². The molecule has 0 rings (SSSR count). The van der Waals surface area contributed by atoms with Gasteiger partial charge in [-0.15, -0.1) is 0 Å². The summed E-state index contributed by atoms with van der Waals surface area (Å²) in [6.07, 6.45) is 21.9. The zero-order valence-electron chi connectivity index (χ0n) is 15.1. The van der Waals surface area contributed by atoms with E-state index in [-0.39, 0.29) is 9.76 Å². The maximum absolute atomic E-state index is 5.49. The third-order valence-corrected chi connectivity index (χ3v) is 5.83. The van der Waals surface area contributed by atoms with E-state index in [4.69, 9.17) is 4.43 Å². The first-order chi connectivity index (χ1) is 10.4. The maximum atomic E-state index is 5.49. The van der Waals surface area contributed by atoms with Gasteiger partial charge in [0.1, 0.15) is 0 Å². The summed E-state index contributed by atoms with van der Waals surface area (Å²) >= 11 is 0.